The average Bonchev–Trinajstić information content (AvgIpc) is 2.58. The van der Waals surface area contributed by atoms with Crippen molar-refractivity contribution in [2.75, 3.05) is 6.54 Å². The van der Waals surface area contributed by atoms with Crippen molar-refractivity contribution >= 4 is 5.78 Å². The molecule has 1 saturated carbocycles. The van der Waals surface area contributed by atoms with Gasteiger partial charge in [-0.15, -0.1) is 0 Å². The second-order valence-electron chi connectivity index (χ2n) is 4.69. The van der Waals surface area contributed by atoms with Gasteiger partial charge in [-0.25, -0.2) is 0 Å². The number of hydrogen-bond acceptors (Lipinski definition) is 2. The van der Waals surface area contributed by atoms with Gasteiger partial charge in [0.15, 0.2) is 0 Å². The Morgan fingerprint density at radius 2 is 2.36 bits per heavy atom. The van der Waals surface area contributed by atoms with Gasteiger partial charge in [0.25, 0.3) is 0 Å². The second-order valence-corrected chi connectivity index (χ2v) is 4.69. The Labute approximate surface area is 85.6 Å². The summed E-state index contributed by atoms with van der Waals surface area (Å²) >= 11 is 0. The summed E-state index contributed by atoms with van der Waals surface area (Å²) in [4.78, 5) is 11.3. The van der Waals surface area contributed by atoms with E-state index in [1.807, 2.05) is 0 Å². The van der Waals surface area contributed by atoms with E-state index in [9.17, 15) is 4.79 Å². The first-order valence-corrected chi connectivity index (χ1v) is 5.66. The Morgan fingerprint density at radius 1 is 1.50 bits per heavy atom. The molecule has 0 aromatic heterocycles. The van der Waals surface area contributed by atoms with Crippen molar-refractivity contribution in [1.82, 2.24) is 0 Å². The van der Waals surface area contributed by atoms with Crippen molar-refractivity contribution < 1.29 is 4.79 Å². The molecule has 0 radical (unpaired) electrons. The summed E-state index contributed by atoms with van der Waals surface area (Å²) in [7, 11) is 0. The molecule has 2 N–H and O–H groups in total. The average molecular weight is 193 g/mol. The third-order valence-electron chi connectivity index (χ3n) is 3.70. The highest BCUT2D eigenvalue weighted by Gasteiger charge is 2.51. The number of carbonyl (C=O) groups is 1. The number of allylic oxidation sites excluding steroid dienone is 2. The van der Waals surface area contributed by atoms with Gasteiger partial charge >= 0.3 is 0 Å². The lowest BCUT2D eigenvalue weighted by atomic mass is 9.99. The van der Waals surface area contributed by atoms with Crippen molar-refractivity contribution in [3.63, 3.8) is 0 Å². The van der Waals surface area contributed by atoms with Gasteiger partial charge in [0.2, 0.25) is 0 Å². The summed E-state index contributed by atoms with van der Waals surface area (Å²) in [6.45, 7) is 0.508. The van der Waals surface area contributed by atoms with E-state index in [-0.39, 0.29) is 0 Å². The second kappa shape index (κ2) is 3.85. The molecule has 2 heteroatoms. The van der Waals surface area contributed by atoms with Crippen molar-refractivity contribution in [1.29, 1.82) is 0 Å². The Bertz CT molecular complexity index is 259. The molecule has 78 valence electrons. The third kappa shape index (κ3) is 1.90. The molecule has 0 aromatic rings. The van der Waals surface area contributed by atoms with E-state index >= 15 is 0 Å². The van der Waals surface area contributed by atoms with Crippen molar-refractivity contribution in [3.05, 3.63) is 12.2 Å². The molecule has 2 rings (SSSR count). The molecule has 0 saturated heterocycles. The fraction of sp³-hybridized carbons (Fsp3) is 0.750. The molecule has 0 aromatic carbocycles. The lowest BCUT2D eigenvalue weighted by Crippen LogP contribution is -2.08. The molecule has 0 aliphatic heterocycles. The van der Waals surface area contributed by atoms with E-state index < -0.39 is 0 Å². The van der Waals surface area contributed by atoms with Crippen molar-refractivity contribution in [2.45, 2.75) is 38.5 Å². The standard InChI is InChI=1S/C12H19NO/c13-8-5-11(14)4-3-10-9-12(10)6-1-2-7-12/h1,6,10H,2-5,7-9,13H2. The van der Waals surface area contributed by atoms with Gasteiger partial charge in [0.1, 0.15) is 5.78 Å². The zero-order valence-electron chi connectivity index (χ0n) is 8.67. The normalized spacial score (nSPS) is 33.9. The zero-order valence-corrected chi connectivity index (χ0v) is 8.67. The summed E-state index contributed by atoms with van der Waals surface area (Å²) in [5.74, 6) is 1.14. The molecule has 14 heavy (non-hydrogen) atoms. The summed E-state index contributed by atoms with van der Waals surface area (Å²) in [6.07, 6.45) is 11.0. The Morgan fingerprint density at radius 3 is 3.00 bits per heavy atom. The minimum absolute atomic E-state index is 0.344. The van der Waals surface area contributed by atoms with E-state index in [0.717, 1.165) is 18.8 Å². The number of carbonyl (C=O) groups excluding carboxylic acids is 1. The molecule has 2 aliphatic rings. The molecular formula is C12H19NO. The maximum Gasteiger partial charge on any atom is 0.134 e. The fourth-order valence-electron chi connectivity index (χ4n) is 2.67. The predicted molar refractivity (Wildman–Crippen MR) is 56.8 cm³/mol. The molecule has 2 aliphatic carbocycles. The Hall–Kier alpha value is -0.630. The van der Waals surface area contributed by atoms with Crippen LogP contribution in [0.4, 0.5) is 0 Å². The van der Waals surface area contributed by atoms with Crippen LogP contribution < -0.4 is 5.73 Å². The lowest BCUT2D eigenvalue weighted by Gasteiger charge is -2.05. The Balaban J connectivity index is 1.69. The molecule has 0 heterocycles. The fourth-order valence-corrected chi connectivity index (χ4v) is 2.67. The van der Waals surface area contributed by atoms with Crippen LogP contribution in [0.1, 0.15) is 38.5 Å². The number of Topliss-reactive ketones (excluding diaryl/α,β-unsaturated/α-hetero) is 1. The van der Waals surface area contributed by atoms with Gasteiger partial charge in [-0.2, -0.15) is 0 Å². The number of hydrogen-bond donors (Lipinski definition) is 1. The SMILES string of the molecule is NCCC(=O)CCC1CC12C=CCC2. The van der Waals surface area contributed by atoms with Gasteiger partial charge < -0.3 is 5.73 Å². The highest BCUT2D eigenvalue weighted by molar-refractivity contribution is 5.78. The first-order chi connectivity index (χ1) is 6.77. The maximum absolute atomic E-state index is 11.3. The molecular weight excluding hydrogens is 174 g/mol. The van der Waals surface area contributed by atoms with Gasteiger partial charge in [-0.05, 0) is 43.6 Å². The molecule has 0 amide bonds. The highest BCUT2D eigenvalue weighted by Crippen LogP contribution is 2.61. The van der Waals surface area contributed by atoms with E-state index in [2.05, 4.69) is 12.2 Å². The zero-order chi connectivity index (χ0) is 10.0. The number of rotatable bonds is 5. The van der Waals surface area contributed by atoms with E-state index in [0.29, 0.717) is 24.2 Å². The quantitative estimate of drug-likeness (QED) is 0.679. The summed E-state index contributed by atoms with van der Waals surface area (Å²) in [5, 5.41) is 0. The van der Waals surface area contributed by atoms with Crippen LogP contribution in [0, 0.1) is 11.3 Å². The van der Waals surface area contributed by atoms with E-state index in [4.69, 9.17) is 5.73 Å². The van der Waals surface area contributed by atoms with Crippen LogP contribution >= 0.6 is 0 Å². The number of nitrogens with two attached hydrogens (primary N) is 1. The minimum atomic E-state index is 0.344. The van der Waals surface area contributed by atoms with Crippen LogP contribution in [-0.2, 0) is 4.79 Å². The minimum Gasteiger partial charge on any atom is -0.330 e. The van der Waals surface area contributed by atoms with Crippen LogP contribution in [-0.4, -0.2) is 12.3 Å². The predicted octanol–water partition coefficient (Wildman–Crippen LogP) is 2.04. The summed E-state index contributed by atoms with van der Waals surface area (Å²) in [6, 6.07) is 0. The first kappa shape index (κ1) is 9.91. The lowest BCUT2D eigenvalue weighted by molar-refractivity contribution is -0.119. The van der Waals surface area contributed by atoms with Crippen LogP contribution in [0.25, 0.3) is 0 Å². The molecule has 2 unspecified atom stereocenters. The summed E-state index contributed by atoms with van der Waals surface area (Å²) < 4.78 is 0. The van der Waals surface area contributed by atoms with Gasteiger partial charge in [-0.1, -0.05) is 12.2 Å². The van der Waals surface area contributed by atoms with Crippen LogP contribution in [0.15, 0.2) is 12.2 Å². The maximum atomic E-state index is 11.3. The highest BCUT2D eigenvalue weighted by atomic mass is 16.1. The smallest absolute Gasteiger partial charge is 0.134 e. The van der Waals surface area contributed by atoms with Crippen molar-refractivity contribution in [2.24, 2.45) is 17.1 Å². The monoisotopic (exact) mass is 193 g/mol. The topological polar surface area (TPSA) is 43.1 Å². The Kier molecular flexibility index (Phi) is 2.73. The van der Waals surface area contributed by atoms with Crippen LogP contribution in [0.3, 0.4) is 0 Å². The van der Waals surface area contributed by atoms with Gasteiger partial charge in [-0.3, -0.25) is 4.79 Å². The number of ketones is 1. The van der Waals surface area contributed by atoms with Crippen LogP contribution in [0.2, 0.25) is 0 Å². The van der Waals surface area contributed by atoms with Crippen LogP contribution in [0.5, 0.6) is 0 Å². The van der Waals surface area contributed by atoms with E-state index in [1.165, 1.54) is 19.3 Å². The van der Waals surface area contributed by atoms with E-state index in [1.54, 1.807) is 0 Å². The molecule has 2 nitrogen and oxygen atoms in total. The first-order valence-electron chi connectivity index (χ1n) is 5.66. The summed E-state index contributed by atoms with van der Waals surface area (Å²) in [5.41, 5.74) is 5.87. The molecule has 0 bridgehead atoms. The third-order valence-corrected chi connectivity index (χ3v) is 3.70. The van der Waals surface area contributed by atoms with Gasteiger partial charge in [0, 0.05) is 12.8 Å². The molecule has 1 spiro atoms. The van der Waals surface area contributed by atoms with Gasteiger partial charge in [0.05, 0.1) is 0 Å². The largest absolute Gasteiger partial charge is 0.330 e. The molecule has 1 fully saturated rings. The molecule has 2 atom stereocenters. The van der Waals surface area contributed by atoms with Crippen molar-refractivity contribution in [3.8, 4) is 0 Å².